The van der Waals surface area contributed by atoms with Crippen LogP contribution in [-0.4, -0.2) is 61.2 Å². The van der Waals surface area contributed by atoms with Crippen molar-refractivity contribution in [3.05, 3.63) is 29.3 Å². The molecule has 1 aromatic carbocycles. The minimum absolute atomic E-state index is 0.164. The van der Waals surface area contributed by atoms with E-state index in [4.69, 9.17) is 9.47 Å². The van der Waals surface area contributed by atoms with E-state index in [-0.39, 0.29) is 5.91 Å². The molecule has 1 aromatic rings. The second-order valence-electron chi connectivity index (χ2n) is 6.98. The SMILES string of the molecule is O=C(c1ccc2c(c1)CN(C1CCOCC1)CCO2)N1CCCC1. The highest BCUT2D eigenvalue weighted by molar-refractivity contribution is 5.94. The summed E-state index contributed by atoms with van der Waals surface area (Å²) >= 11 is 0. The second kappa shape index (κ2) is 7.11. The third kappa shape index (κ3) is 3.28. The lowest BCUT2D eigenvalue weighted by molar-refractivity contribution is 0.0294. The van der Waals surface area contributed by atoms with Crippen LogP contribution in [0, 0.1) is 0 Å². The molecule has 0 spiro atoms. The van der Waals surface area contributed by atoms with Gasteiger partial charge in [-0.15, -0.1) is 0 Å². The van der Waals surface area contributed by atoms with Crippen molar-refractivity contribution in [1.82, 2.24) is 9.80 Å². The number of amides is 1. The van der Waals surface area contributed by atoms with Gasteiger partial charge in [-0.05, 0) is 43.9 Å². The van der Waals surface area contributed by atoms with Crippen molar-refractivity contribution < 1.29 is 14.3 Å². The molecule has 0 N–H and O–H groups in total. The summed E-state index contributed by atoms with van der Waals surface area (Å²) in [4.78, 5) is 17.1. The highest BCUT2D eigenvalue weighted by atomic mass is 16.5. The fourth-order valence-corrected chi connectivity index (χ4v) is 4.01. The lowest BCUT2D eigenvalue weighted by atomic mass is 10.0. The predicted molar refractivity (Wildman–Crippen MR) is 91.3 cm³/mol. The maximum absolute atomic E-state index is 12.7. The van der Waals surface area contributed by atoms with Crippen LogP contribution in [0.3, 0.4) is 0 Å². The Morgan fingerprint density at radius 2 is 1.83 bits per heavy atom. The number of fused-ring (bicyclic) bond motifs is 1. The molecule has 0 aromatic heterocycles. The molecule has 0 unspecified atom stereocenters. The van der Waals surface area contributed by atoms with E-state index in [0.29, 0.717) is 12.6 Å². The smallest absolute Gasteiger partial charge is 0.253 e. The van der Waals surface area contributed by atoms with Gasteiger partial charge in [-0.25, -0.2) is 0 Å². The lowest BCUT2D eigenvalue weighted by Crippen LogP contribution is -2.40. The van der Waals surface area contributed by atoms with Crippen LogP contribution in [0.4, 0.5) is 0 Å². The summed E-state index contributed by atoms with van der Waals surface area (Å²) in [5.41, 5.74) is 1.94. The first-order valence-electron chi connectivity index (χ1n) is 9.18. The predicted octanol–water partition coefficient (Wildman–Crippen LogP) is 2.30. The van der Waals surface area contributed by atoms with Gasteiger partial charge in [0.05, 0.1) is 0 Å². The topological polar surface area (TPSA) is 42.0 Å². The summed E-state index contributed by atoms with van der Waals surface area (Å²) in [6.07, 6.45) is 4.41. The average molecular weight is 330 g/mol. The number of hydrogen-bond donors (Lipinski definition) is 0. The molecular weight excluding hydrogens is 304 g/mol. The first-order valence-corrected chi connectivity index (χ1v) is 9.18. The van der Waals surface area contributed by atoms with Crippen LogP contribution in [-0.2, 0) is 11.3 Å². The van der Waals surface area contributed by atoms with Crippen LogP contribution in [0.2, 0.25) is 0 Å². The normalized spacial score (nSPS) is 22.8. The van der Waals surface area contributed by atoms with Gasteiger partial charge >= 0.3 is 0 Å². The molecule has 0 bridgehead atoms. The summed E-state index contributed by atoms with van der Waals surface area (Å²) in [6.45, 7) is 5.99. The van der Waals surface area contributed by atoms with E-state index in [1.807, 2.05) is 23.1 Å². The minimum atomic E-state index is 0.164. The van der Waals surface area contributed by atoms with Gasteiger partial charge < -0.3 is 14.4 Å². The average Bonchev–Trinajstić information content (AvgIpc) is 3.08. The number of rotatable bonds is 2. The molecule has 3 heterocycles. The van der Waals surface area contributed by atoms with Gasteiger partial charge in [-0.2, -0.15) is 0 Å². The molecule has 0 aliphatic carbocycles. The van der Waals surface area contributed by atoms with Crippen molar-refractivity contribution in [3.63, 3.8) is 0 Å². The molecule has 0 atom stereocenters. The zero-order valence-corrected chi connectivity index (χ0v) is 14.2. The van der Waals surface area contributed by atoms with Crippen molar-refractivity contribution in [2.24, 2.45) is 0 Å². The van der Waals surface area contributed by atoms with Crippen LogP contribution in [0.25, 0.3) is 0 Å². The number of nitrogens with zero attached hydrogens (tertiary/aromatic N) is 2. The molecule has 5 nitrogen and oxygen atoms in total. The Balaban J connectivity index is 1.53. The minimum Gasteiger partial charge on any atom is -0.492 e. The van der Waals surface area contributed by atoms with E-state index >= 15 is 0 Å². The number of carbonyl (C=O) groups is 1. The molecule has 3 aliphatic rings. The van der Waals surface area contributed by atoms with Gasteiger partial charge in [0.25, 0.3) is 5.91 Å². The third-order valence-corrected chi connectivity index (χ3v) is 5.42. The van der Waals surface area contributed by atoms with E-state index in [1.165, 1.54) is 0 Å². The molecule has 2 saturated heterocycles. The Kier molecular flexibility index (Phi) is 4.72. The quantitative estimate of drug-likeness (QED) is 0.834. The van der Waals surface area contributed by atoms with Crippen LogP contribution < -0.4 is 4.74 Å². The van der Waals surface area contributed by atoms with Crippen LogP contribution in [0.15, 0.2) is 18.2 Å². The van der Waals surface area contributed by atoms with Gasteiger partial charge in [-0.3, -0.25) is 9.69 Å². The standard InChI is InChI=1S/C19H26N2O3/c22-19(20-7-1-2-8-20)15-3-4-18-16(13-15)14-21(9-12-24-18)17-5-10-23-11-6-17/h3-4,13,17H,1-2,5-12,14H2. The highest BCUT2D eigenvalue weighted by Gasteiger charge is 2.26. The van der Waals surface area contributed by atoms with E-state index in [9.17, 15) is 4.79 Å². The molecule has 0 saturated carbocycles. The lowest BCUT2D eigenvalue weighted by Gasteiger charge is -2.33. The maximum Gasteiger partial charge on any atom is 0.253 e. The highest BCUT2D eigenvalue weighted by Crippen LogP contribution is 2.28. The summed E-state index contributed by atoms with van der Waals surface area (Å²) in [5, 5.41) is 0. The summed E-state index contributed by atoms with van der Waals surface area (Å²) in [5.74, 6) is 1.10. The van der Waals surface area contributed by atoms with Gasteiger partial charge in [-0.1, -0.05) is 0 Å². The number of hydrogen-bond acceptors (Lipinski definition) is 4. The molecule has 3 aliphatic heterocycles. The first kappa shape index (κ1) is 15.9. The Morgan fingerprint density at radius 3 is 2.62 bits per heavy atom. The second-order valence-corrected chi connectivity index (χ2v) is 6.98. The van der Waals surface area contributed by atoms with Gasteiger partial charge in [0.15, 0.2) is 0 Å². The Bertz CT molecular complexity index is 592. The molecule has 2 fully saturated rings. The van der Waals surface area contributed by atoms with Crippen molar-refractivity contribution in [2.45, 2.75) is 38.3 Å². The van der Waals surface area contributed by atoms with Crippen molar-refractivity contribution in [3.8, 4) is 5.75 Å². The molecule has 4 rings (SSSR count). The van der Waals surface area contributed by atoms with Gasteiger partial charge in [0.2, 0.25) is 0 Å². The van der Waals surface area contributed by atoms with Crippen molar-refractivity contribution in [2.75, 3.05) is 39.5 Å². The first-order chi connectivity index (χ1) is 11.8. The summed E-state index contributed by atoms with van der Waals surface area (Å²) in [7, 11) is 0. The Hall–Kier alpha value is -1.59. The van der Waals surface area contributed by atoms with E-state index in [1.54, 1.807) is 0 Å². The van der Waals surface area contributed by atoms with Crippen molar-refractivity contribution in [1.29, 1.82) is 0 Å². The van der Waals surface area contributed by atoms with Crippen molar-refractivity contribution >= 4 is 5.91 Å². The molecule has 1 amide bonds. The summed E-state index contributed by atoms with van der Waals surface area (Å²) < 4.78 is 11.4. The van der Waals surface area contributed by atoms with Crippen LogP contribution in [0.5, 0.6) is 5.75 Å². The number of likely N-dealkylation sites (tertiary alicyclic amines) is 1. The number of carbonyl (C=O) groups excluding carboxylic acids is 1. The third-order valence-electron chi connectivity index (χ3n) is 5.42. The zero-order valence-electron chi connectivity index (χ0n) is 14.2. The van der Waals surface area contributed by atoms with E-state index in [2.05, 4.69) is 4.90 Å². The largest absolute Gasteiger partial charge is 0.492 e. The monoisotopic (exact) mass is 330 g/mol. The van der Waals surface area contributed by atoms with E-state index < -0.39 is 0 Å². The Labute approximate surface area is 143 Å². The molecule has 24 heavy (non-hydrogen) atoms. The van der Waals surface area contributed by atoms with Gasteiger partial charge in [0, 0.05) is 56.6 Å². The number of benzene rings is 1. The molecule has 130 valence electrons. The molecular formula is C19H26N2O3. The van der Waals surface area contributed by atoms with E-state index in [0.717, 1.165) is 82.0 Å². The van der Waals surface area contributed by atoms with Crippen LogP contribution in [0.1, 0.15) is 41.6 Å². The maximum atomic E-state index is 12.7. The van der Waals surface area contributed by atoms with Crippen LogP contribution >= 0.6 is 0 Å². The zero-order chi connectivity index (χ0) is 16.4. The summed E-state index contributed by atoms with van der Waals surface area (Å²) in [6, 6.07) is 6.51. The molecule has 0 radical (unpaired) electrons. The fourth-order valence-electron chi connectivity index (χ4n) is 4.01. The molecule has 5 heteroatoms. The number of ether oxygens (including phenoxy) is 2. The fraction of sp³-hybridized carbons (Fsp3) is 0.632. The Morgan fingerprint density at radius 1 is 1.04 bits per heavy atom. The van der Waals surface area contributed by atoms with Gasteiger partial charge in [0.1, 0.15) is 12.4 Å².